The largest absolute Gasteiger partial charge is 0.494 e. The van der Waals surface area contributed by atoms with Crippen molar-refractivity contribution < 1.29 is 17.5 Å². The summed E-state index contributed by atoms with van der Waals surface area (Å²) in [5.74, 6) is -0.725. The van der Waals surface area contributed by atoms with Gasteiger partial charge < -0.3 is 10.1 Å². The molecule has 2 heterocycles. The van der Waals surface area contributed by atoms with Gasteiger partial charge in [-0.1, -0.05) is 12.1 Å². The Balaban J connectivity index is 1.56. The number of rotatable bonds is 6. The molecule has 0 spiro atoms. The highest BCUT2D eigenvalue weighted by atomic mass is 32.2. The molecule has 12 heteroatoms. The zero-order chi connectivity index (χ0) is 23.0. The van der Waals surface area contributed by atoms with Gasteiger partial charge in [0.1, 0.15) is 11.0 Å². The first kappa shape index (κ1) is 21.0. The van der Waals surface area contributed by atoms with E-state index in [2.05, 4.69) is 28.8 Å². The van der Waals surface area contributed by atoms with Crippen LogP contribution in [-0.2, 0) is 10.0 Å². The van der Waals surface area contributed by atoms with Crippen molar-refractivity contribution in [3.05, 3.63) is 66.5 Å². The van der Waals surface area contributed by atoms with E-state index in [0.29, 0.717) is 22.2 Å². The predicted octanol–water partition coefficient (Wildman–Crippen LogP) is 4.33. The molecule has 2 aromatic heterocycles. The Labute approximate surface area is 191 Å². The fourth-order valence-corrected chi connectivity index (χ4v) is 4.69. The van der Waals surface area contributed by atoms with Gasteiger partial charge in [-0.15, -0.1) is 0 Å². The maximum atomic E-state index is 14.1. The Morgan fingerprint density at radius 1 is 0.879 bits per heavy atom. The molecule has 0 saturated carbocycles. The minimum Gasteiger partial charge on any atom is -0.494 e. The summed E-state index contributed by atoms with van der Waals surface area (Å²) in [6.45, 7) is 0. The van der Waals surface area contributed by atoms with Crippen molar-refractivity contribution in [2.75, 3.05) is 17.1 Å². The van der Waals surface area contributed by atoms with Gasteiger partial charge in [0.2, 0.25) is 0 Å². The van der Waals surface area contributed by atoms with E-state index in [9.17, 15) is 12.8 Å². The number of anilines is 3. The van der Waals surface area contributed by atoms with Crippen LogP contribution < -0.4 is 14.8 Å². The molecule has 2 N–H and O–H groups in total. The third kappa shape index (κ3) is 4.13. The first-order chi connectivity index (χ1) is 15.9. The van der Waals surface area contributed by atoms with Crippen molar-refractivity contribution in [2.24, 2.45) is 0 Å². The lowest BCUT2D eigenvalue weighted by atomic mass is 10.2. The van der Waals surface area contributed by atoms with E-state index >= 15 is 0 Å². The van der Waals surface area contributed by atoms with E-state index in [4.69, 9.17) is 4.74 Å². The lowest BCUT2D eigenvalue weighted by molar-refractivity contribution is 0.385. The normalized spacial score (nSPS) is 11.6. The lowest BCUT2D eigenvalue weighted by Gasteiger charge is -2.14. The molecule has 5 aromatic rings. The van der Waals surface area contributed by atoms with Gasteiger partial charge in [-0.3, -0.25) is 4.72 Å². The molecule has 0 amide bonds. The van der Waals surface area contributed by atoms with Gasteiger partial charge in [-0.25, -0.2) is 22.8 Å². The summed E-state index contributed by atoms with van der Waals surface area (Å²) in [4.78, 5) is 8.68. The number of hydrogen-bond acceptors (Lipinski definition) is 9. The molecule has 0 atom stereocenters. The summed E-state index contributed by atoms with van der Waals surface area (Å²) in [5.41, 5.74) is 3.11. The van der Waals surface area contributed by atoms with Crippen LogP contribution in [0.2, 0.25) is 0 Å². The molecule has 0 unspecified atom stereocenters. The molecule has 166 valence electrons. The zero-order valence-electron chi connectivity index (χ0n) is 17.0. The van der Waals surface area contributed by atoms with Crippen LogP contribution in [-0.4, -0.2) is 34.2 Å². The summed E-state index contributed by atoms with van der Waals surface area (Å²) < 4.78 is 55.8. The van der Waals surface area contributed by atoms with Crippen molar-refractivity contribution in [3.8, 4) is 5.75 Å². The first-order valence-corrected chi connectivity index (χ1v) is 11.8. The molecule has 3 aromatic carbocycles. The molecule has 0 aliphatic rings. The van der Waals surface area contributed by atoms with E-state index in [1.807, 2.05) is 0 Å². The number of aromatic nitrogens is 4. The minimum absolute atomic E-state index is 0.0403. The van der Waals surface area contributed by atoms with E-state index in [0.717, 1.165) is 23.3 Å². The van der Waals surface area contributed by atoms with Crippen molar-refractivity contribution in [1.29, 1.82) is 0 Å². The minimum atomic E-state index is -4.18. The number of halogens is 1. The number of hydrogen-bond donors (Lipinski definition) is 2. The van der Waals surface area contributed by atoms with Gasteiger partial charge in [0.25, 0.3) is 10.0 Å². The van der Waals surface area contributed by atoms with E-state index in [-0.39, 0.29) is 22.3 Å². The van der Waals surface area contributed by atoms with Crippen LogP contribution in [0.25, 0.3) is 22.1 Å². The van der Waals surface area contributed by atoms with Crippen molar-refractivity contribution >= 4 is 61.1 Å². The van der Waals surface area contributed by atoms with Gasteiger partial charge in [0.05, 0.1) is 34.8 Å². The van der Waals surface area contributed by atoms with Crippen LogP contribution in [0.5, 0.6) is 5.75 Å². The lowest BCUT2D eigenvalue weighted by Crippen LogP contribution is -2.16. The smallest absolute Gasteiger partial charge is 0.263 e. The summed E-state index contributed by atoms with van der Waals surface area (Å²) in [6.07, 6.45) is 0. The molecule has 0 fully saturated rings. The Kier molecular flexibility index (Phi) is 5.23. The molecule has 5 rings (SSSR count). The van der Waals surface area contributed by atoms with Gasteiger partial charge in [0, 0.05) is 5.69 Å². The van der Waals surface area contributed by atoms with Crippen LogP contribution in [0.1, 0.15) is 0 Å². The average molecular weight is 483 g/mol. The number of fused-ring (bicyclic) bond motifs is 2. The summed E-state index contributed by atoms with van der Waals surface area (Å²) in [5, 5.41) is 3.09. The Hall–Kier alpha value is -3.90. The highest BCUT2D eigenvalue weighted by molar-refractivity contribution is 7.92. The second-order valence-electron chi connectivity index (χ2n) is 6.90. The Bertz CT molecular complexity index is 1610. The monoisotopic (exact) mass is 482 g/mol. The highest BCUT2D eigenvalue weighted by Gasteiger charge is 2.21. The van der Waals surface area contributed by atoms with E-state index < -0.39 is 15.8 Å². The van der Waals surface area contributed by atoms with Crippen LogP contribution in [0, 0.1) is 5.82 Å². The Morgan fingerprint density at radius 3 is 2.33 bits per heavy atom. The molecule has 33 heavy (non-hydrogen) atoms. The topological polar surface area (TPSA) is 119 Å². The molecule has 0 saturated heterocycles. The van der Waals surface area contributed by atoms with Gasteiger partial charge >= 0.3 is 0 Å². The maximum Gasteiger partial charge on any atom is 0.263 e. The van der Waals surface area contributed by atoms with E-state index in [1.165, 1.54) is 19.2 Å². The Morgan fingerprint density at radius 2 is 1.61 bits per heavy atom. The van der Waals surface area contributed by atoms with Crippen LogP contribution in [0.15, 0.2) is 65.6 Å². The third-order valence-corrected chi connectivity index (χ3v) is 6.64. The number of ether oxygens (including phenoxy) is 1. The molecular weight excluding hydrogens is 467 g/mol. The fraction of sp³-hybridized carbons (Fsp3) is 0.0476. The van der Waals surface area contributed by atoms with Crippen molar-refractivity contribution in [2.45, 2.75) is 4.90 Å². The predicted molar refractivity (Wildman–Crippen MR) is 124 cm³/mol. The third-order valence-electron chi connectivity index (χ3n) is 4.75. The molecule has 0 radical (unpaired) electrons. The van der Waals surface area contributed by atoms with Crippen LogP contribution in [0.3, 0.4) is 0 Å². The molecule has 9 nitrogen and oxygen atoms in total. The zero-order valence-corrected chi connectivity index (χ0v) is 18.6. The average Bonchev–Trinajstić information content (AvgIpc) is 3.27. The molecule has 0 aliphatic heterocycles. The SMILES string of the molecule is COc1ccc(S(=O)(=O)Nc2nc3ccccc3nc2Nc2ccc3nsnc3c2)cc1F. The van der Waals surface area contributed by atoms with Gasteiger partial charge in [-0.2, -0.15) is 8.75 Å². The fourth-order valence-electron chi connectivity index (χ4n) is 3.16. The van der Waals surface area contributed by atoms with Crippen LogP contribution >= 0.6 is 11.7 Å². The number of sulfonamides is 1. The molecule has 0 aliphatic carbocycles. The number of benzene rings is 3. The summed E-state index contributed by atoms with van der Waals surface area (Å²) >= 11 is 1.10. The highest BCUT2D eigenvalue weighted by Crippen LogP contribution is 2.29. The second-order valence-corrected chi connectivity index (χ2v) is 9.11. The number of nitrogens with zero attached hydrogens (tertiary/aromatic N) is 4. The maximum absolute atomic E-state index is 14.1. The van der Waals surface area contributed by atoms with Crippen molar-refractivity contribution in [1.82, 2.24) is 18.7 Å². The quantitative estimate of drug-likeness (QED) is 0.367. The first-order valence-electron chi connectivity index (χ1n) is 9.55. The number of nitrogens with one attached hydrogen (secondary N) is 2. The van der Waals surface area contributed by atoms with Gasteiger partial charge in [-0.05, 0) is 48.5 Å². The van der Waals surface area contributed by atoms with E-state index in [1.54, 1.807) is 42.5 Å². The van der Waals surface area contributed by atoms with Gasteiger partial charge in [0.15, 0.2) is 23.2 Å². The van der Waals surface area contributed by atoms with Crippen LogP contribution in [0.4, 0.5) is 21.7 Å². The standard InChI is InChI=1S/C21H15FN6O3S2/c1-31-19-9-7-13(11-14(19)22)33(29,30)28-21-20(24-15-4-2-3-5-16(15)25-21)23-12-6-8-17-18(10-12)27-32-26-17/h2-11H,1H3,(H,23,24)(H,25,28). The molecular formula is C21H15FN6O3S2. The summed E-state index contributed by atoms with van der Waals surface area (Å²) in [7, 11) is -2.88. The molecule has 0 bridgehead atoms. The number of para-hydroxylation sites is 2. The second kappa shape index (κ2) is 8.22. The number of methoxy groups -OCH3 is 1. The van der Waals surface area contributed by atoms with Crippen molar-refractivity contribution in [3.63, 3.8) is 0 Å². The summed E-state index contributed by atoms with van der Waals surface area (Å²) in [6, 6.07) is 15.8.